The quantitative estimate of drug-likeness (QED) is 0.0387. The third kappa shape index (κ3) is 43.0. The molecule has 3 fully saturated rings. The maximum absolute atomic E-state index is 14.3. The van der Waals surface area contributed by atoms with Gasteiger partial charge in [-0.3, -0.25) is 38.4 Å². The maximum atomic E-state index is 14.3. The molecular weight excluding hydrogens is 1440 g/mol. The molecule has 33 nitrogen and oxygen atoms in total. The van der Waals surface area contributed by atoms with Gasteiger partial charge in [0.1, 0.15) is 85.1 Å². The smallest absolute Gasteiger partial charge is 0.243 e. The minimum absolute atomic E-state index is 0.0579. The van der Waals surface area contributed by atoms with Gasteiger partial charge in [-0.2, -0.15) is 0 Å². The number of ether oxygens (including phenoxy) is 8. The fraction of sp³-hybridized carbons (Fsp3) is 0.896. The van der Waals surface area contributed by atoms with Crippen molar-refractivity contribution >= 4 is 47.3 Å². The Kier molecular flexibility index (Phi) is 55.5. The first kappa shape index (κ1) is 99.3. The van der Waals surface area contributed by atoms with Crippen molar-refractivity contribution in [1.82, 2.24) is 42.5 Å². The second kappa shape index (κ2) is 61.5. The standard InChI is InChI=1S/C77H142N8O25/c1-53(89)81-64-70(98)67(95)58(50-86)108-75(64)105-44-33-23-17-11-5-8-14-20-26-38-61(92)78-41-31-29-36-56(73(101)80-43-47-104-49-48-103-4)85-74(102)57(84-63(94)40-28-22-16-10-7-13-19-25-35-46-107-77-66(83-55(3)91)72(100)69(97)60(52-88)110-77)37-30-32-42-79-62(93)39-27-21-15-9-6-12-18-24-34-45-106-76-65(82-54(2)90)71(99)68(96)59(51-87)109-76/h56-60,64-72,75-77,86-88,95-100H,5-52H2,1-4H3,(H,78,92)(H,79,93)(H,80,101)(H,81,89)(H,82,90)(H,83,91)(H,84,94)(H,85,102). The lowest BCUT2D eigenvalue weighted by Crippen LogP contribution is -2.64. The molecule has 3 heterocycles. The van der Waals surface area contributed by atoms with E-state index in [1.807, 2.05) is 0 Å². The molecule has 3 rings (SSSR count). The molecule has 0 bridgehead atoms. The van der Waals surface area contributed by atoms with Gasteiger partial charge in [0.2, 0.25) is 47.3 Å². The van der Waals surface area contributed by atoms with Crippen LogP contribution in [0.1, 0.15) is 252 Å². The van der Waals surface area contributed by atoms with Crippen LogP contribution in [0.15, 0.2) is 0 Å². The van der Waals surface area contributed by atoms with Gasteiger partial charge in [-0.15, -0.1) is 0 Å². The summed E-state index contributed by atoms with van der Waals surface area (Å²) in [5, 5.41) is 113. The van der Waals surface area contributed by atoms with E-state index < -0.39 is 153 Å². The molecular formula is C77H142N8O25. The van der Waals surface area contributed by atoms with E-state index in [4.69, 9.17) is 37.9 Å². The molecule has 0 aromatic carbocycles. The number of unbranched alkanes of at least 4 members (excludes halogenated alkanes) is 26. The number of aliphatic hydroxyl groups excluding tert-OH is 9. The van der Waals surface area contributed by atoms with Gasteiger partial charge >= 0.3 is 0 Å². The van der Waals surface area contributed by atoms with Crippen molar-refractivity contribution in [3.05, 3.63) is 0 Å². The summed E-state index contributed by atoms with van der Waals surface area (Å²) in [5.74, 6) is -2.56. The van der Waals surface area contributed by atoms with Crippen molar-refractivity contribution in [1.29, 1.82) is 0 Å². The number of carbonyl (C=O) groups is 8. The van der Waals surface area contributed by atoms with Gasteiger partial charge in [-0.25, -0.2) is 0 Å². The van der Waals surface area contributed by atoms with Crippen LogP contribution in [-0.4, -0.2) is 283 Å². The van der Waals surface area contributed by atoms with Crippen LogP contribution in [0.4, 0.5) is 0 Å². The molecule has 0 aliphatic carbocycles. The third-order valence-electron chi connectivity index (χ3n) is 20.0. The van der Waals surface area contributed by atoms with Gasteiger partial charge in [0.15, 0.2) is 18.9 Å². The minimum atomic E-state index is -1.38. The summed E-state index contributed by atoms with van der Waals surface area (Å²) in [5.41, 5.74) is 0. The van der Waals surface area contributed by atoms with Crippen molar-refractivity contribution in [3.8, 4) is 0 Å². The van der Waals surface area contributed by atoms with E-state index in [1.54, 1.807) is 7.11 Å². The lowest BCUT2D eigenvalue weighted by molar-refractivity contribution is -0.270. The Labute approximate surface area is 651 Å². The Morgan fingerprint density at radius 1 is 0.327 bits per heavy atom. The molecule has 0 aromatic rings. The van der Waals surface area contributed by atoms with Gasteiger partial charge < -0.3 is 126 Å². The molecule has 8 amide bonds. The van der Waals surface area contributed by atoms with E-state index in [2.05, 4.69) is 42.5 Å². The highest BCUT2D eigenvalue weighted by molar-refractivity contribution is 5.92. The Morgan fingerprint density at radius 3 is 0.955 bits per heavy atom. The summed E-state index contributed by atoms with van der Waals surface area (Å²) in [7, 11) is 1.56. The van der Waals surface area contributed by atoms with Gasteiger partial charge in [0, 0.05) is 86.6 Å². The van der Waals surface area contributed by atoms with Crippen LogP contribution in [0.3, 0.4) is 0 Å². The van der Waals surface area contributed by atoms with Gasteiger partial charge in [-0.05, 0) is 77.0 Å². The van der Waals surface area contributed by atoms with Gasteiger partial charge in [0.05, 0.1) is 39.6 Å². The molecule has 0 aromatic heterocycles. The average molecular weight is 1580 g/mol. The van der Waals surface area contributed by atoms with E-state index in [9.17, 15) is 84.3 Å². The molecule has 3 aliphatic heterocycles. The number of rotatable bonds is 65. The lowest BCUT2D eigenvalue weighted by Gasteiger charge is -2.42. The molecule has 0 spiro atoms. The molecule has 0 radical (unpaired) electrons. The van der Waals surface area contributed by atoms with E-state index >= 15 is 0 Å². The average Bonchev–Trinajstić information content (AvgIpc) is 0.822. The fourth-order valence-electron chi connectivity index (χ4n) is 13.6. The number of hydrogen-bond acceptors (Lipinski definition) is 25. The first-order valence-electron chi connectivity index (χ1n) is 41.1. The zero-order chi connectivity index (χ0) is 80.7. The number of amides is 8. The summed E-state index contributed by atoms with van der Waals surface area (Å²) in [6.45, 7) is 5.16. The van der Waals surface area contributed by atoms with Crippen LogP contribution in [-0.2, 0) is 76.3 Å². The SMILES string of the molecule is COCCOCCNC(=O)C(CCCCNC(=O)CCCCCCCCCCCOC1OC(CO)C(O)C(O)C1NC(C)=O)NC(=O)C(CCCCNC(=O)CCCCCCCCCCCOC1OC(CO)C(O)C(O)C1NC(C)=O)NC(=O)CCCCCCCCCCCOC1OC(CO)C(O)C(O)C1NC(C)=O. The van der Waals surface area contributed by atoms with Crippen LogP contribution in [0.2, 0.25) is 0 Å². The lowest BCUT2D eigenvalue weighted by atomic mass is 9.97. The van der Waals surface area contributed by atoms with Gasteiger partial charge in [-0.1, -0.05) is 135 Å². The Morgan fingerprint density at radius 2 is 0.636 bits per heavy atom. The van der Waals surface area contributed by atoms with Crippen molar-refractivity contribution in [2.75, 3.05) is 86.2 Å². The second-order valence-electron chi connectivity index (χ2n) is 29.5. The maximum Gasteiger partial charge on any atom is 0.243 e. The third-order valence-corrected chi connectivity index (χ3v) is 20.0. The van der Waals surface area contributed by atoms with Crippen molar-refractivity contribution < 1.29 is 122 Å². The number of methoxy groups -OCH3 is 1. The summed E-state index contributed by atoms with van der Waals surface area (Å²) < 4.78 is 45.0. The predicted molar refractivity (Wildman–Crippen MR) is 406 cm³/mol. The van der Waals surface area contributed by atoms with Crippen molar-refractivity contribution in [3.63, 3.8) is 0 Å². The molecule has 17 atom stereocenters. The van der Waals surface area contributed by atoms with Crippen LogP contribution in [0, 0.1) is 0 Å². The summed E-state index contributed by atoms with van der Waals surface area (Å²) in [4.78, 5) is 103. The highest BCUT2D eigenvalue weighted by Crippen LogP contribution is 2.27. The van der Waals surface area contributed by atoms with E-state index in [0.717, 1.165) is 161 Å². The highest BCUT2D eigenvalue weighted by atomic mass is 16.7. The fourth-order valence-corrected chi connectivity index (χ4v) is 13.6. The topological polar surface area (TPSA) is 489 Å². The molecule has 3 saturated heterocycles. The first-order chi connectivity index (χ1) is 53.1. The molecule has 3 aliphatic rings. The molecule has 0 saturated carbocycles. The molecule has 110 heavy (non-hydrogen) atoms. The van der Waals surface area contributed by atoms with E-state index in [0.29, 0.717) is 97.5 Å². The summed E-state index contributed by atoms with van der Waals surface area (Å²) in [6.07, 6.45) is 13.8. The summed E-state index contributed by atoms with van der Waals surface area (Å²) >= 11 is 0. The zero-order valence-electron chi connectivity index (χ0n) is 66.3. The molecule has 17 N–H and O–H groups in total. The van der Waals surface area contributed by atoms with E-state index in [1.165, 1.54) is 20.8 Å². The summed E-state index contributed by atoms with van der Waals surface area (Å²) in [6, 6.07) is -4.83. The normalized spacial score (nSPS) is 24.5. The molecule has 17 unspecified atom stereocenters. The van der Waals surface area contributed by atoms with Crippen molar-refractivity contribution in [2.24, 2.45) is 0 Å². The van der Waals surface area contributed by atoms with Gasteiger partial charge in [0.25, 0.3) is 0 Å². The second-order valence-corrected chi connectivity index (χ2v) is 29.5. The monoisotopic (exact) mass is 1580 g/mol. The Balaban J connectivity index is 1.43. The van der Waals surface area contributed by atoms with Crippen LogP contribution in [0.5, 0.6) is 0 Å². The zero-order valence-corrected chi connectivity index (χ0v) is 66.3. The first-order valence-corrected chi connectivity index (χ1v) is 41.1. The molecule has 33 heteroatoms. The number of nitrogens with one attached hydrogen (secondary N) is 8. The van der Waals surface area contributed by atoms with Crippen LogP contribution >= 0.6 is 0 Å². The largest absolute Gasteiger partial charge is 0.394 e. The van der Waals surface area contributed by atoms with E-state index in [-0.39, 0.29) is 50.1 Å². The number of hydrogen-bond donors (Lipinski definition) is 17. The van der Waals surface area contributed by atoms with Crippen LogP contribution < -0.4 is 42.5 Å². The highest BCUT2D eigenvalue weighted by Gasteiger charge is 2.48. The number of aliphatic hydroxyl groups is 9. The minimum Gasteiger partial charge on any atom is -0.394 e. The van der Waals surface area contributed by atoms with Crippen LogP contribution in [0.25, 0.3) is 0 Å². The number of carbonyl (C=O) groups excluding carboxylic acids is 8. The predicted octanol–water partition coefficient (Wildman–Crippen LogP) is 1.89. The molecule has 640 valence electrons. The Bertz CT molecular complexity index is 2490. The van der Waals surface area contributed by atoms with Crippen molar-refractivity contribution in [2.45, 2.75) is 356 Å². The Hall–Kier alpha value is -4.92.